The van der Waals surface area contributed by atoms with E-state index in [2.05, 4.69) is 10.4 Å². The zero-order valence-electron chi connectivity index (χ0n) is 11.1. The lowest BCUT2D eigenvalue weighted by Crippen LogP contribution is -2.43. The molecule has 1 saturated heterocycles. The van der Waals surface area contributed by atoms with Gasteiger partial charge in [0.2, 0.25) is 0 Å². The maximum atomic E-state index is 12.3. The SMILES string of the molecule is CCOC1CCCN(C(=O)c2ccc(NN)nc2)C1. The number of amides is 1. The van der Waals surface area contributed by atoms with Crippen LogP contribution in [0.15, 0.2) is 18.3 Å². The Labute approximate surface area is 112 Å². The predicted octanol–water partition coefficient (Wildman–Crippen LogP) is 1.01. The second kappa shape index (κ2) is 6.49. The lowest BCUT2D eigenvalue weighted by molar-refractivity contribution is 0.00723. The number of hydrogen-bond acceptors (Lipinski definition) is 5. The molecule has 0 bridgehead atoms. The van der Waals surface area contributed by atoms with Crippen molar-refractivity contribution in [3.63, 3.8) is 0 Å². The molecule has 104 valence electrons. The molecular formula is C13H20N4O2. The number of nitrogens with zero attached hydrogens (tertiary/aromatic N) is 2. The van der Waals surface area contributed by atoms with E-state index in [9.17, 15) is 4.79 Å². The van der Waals surface area contributed by atoms with Crippen LogP contribution in [0.1, 0.15) is 30.1 Å². The summed E-state index contributed by atoms with van der Waals surface area (Å²) in [6.45, 7) is 4.09. The number of rotatable bonds is 4. The number of ether oxygens (including phenoxy) is 1. The van der Waals surface area contributed by atoms with Gasteiger partial charge in [0.1, 0.15) is 5.82 Å². The van der Waals surface area contributed by atoms with Crippen LogP contribution in [0, 0.1) is 0 Å². The minimum atomic E-state index is 0.000439. The molecule has 1 amide bonds. The summed E-state index contributed by atoms with van der Waals surface area (Å²) in [4.78, 5) is 18.2. The zero-order valence-corrected chi connectivity index (χ0v) is 11.1. The third-order valence-electron chi connectivity index (χ3n) is 3.23. The van der Waals surface area contributed by atoms with Crippen LogP contribution in [0.5, 0.6) is 0 Å². The largest absolute Gasteiger partial charge is 0.377 e. The van der Waals surface area contributed by atoms with Gasteiger partial charge in [0.25, 0.3) is 5.91 Å². The second-order valence-corrected chi connectivity index (χ2v) is 4.55. The molecule has 19 heavy (non-hydrogen) atoms. The van der Waals surface area contributed by atoms with Crippen molar-refractivity contribution in [1.29, 1.82) is 0 Å². The summed E-state index contributed by atoms with van der Waals surface area (Å²) in [6, 6.07) is 3.42. The summed E-state index contributed by atoms with van der Waals surface area (Å²) in [7, 11) is 0. The topological polar surface area (TPSA) is 80.5 Å². The maximum Gasteiger partial charge on any atom is 0.255 e. The Hall–Kier alpha value is -1.66. The van der Waals surface area contributed by atoms with E-state index in [1.54, 1.807) is 18.3 Å². The average molecular weight is 264 g/mol. The molecule has 0 radical (unpaired) electrons. The summed E-state index contributed by atoms with van der Waals surface area (Å²) in [5.74, 6) is 5.79. The third-order valence-corrected chi connectivity index (χ3v) is 3.23. The second-order valence-electron chi connectivity index (χ2n) is 4.55. The Morgan fingerprint density at radius 1 is 1.63 bits per heavy atom. The van der Waals surface area contributed by atoms with Gasteiger partial charge < -0.3 is 15.1 Å². The van der Waals surface area contributed by atoms with Gasteiger partial charge in [-0.05, 0) is 31.9 Å². The Kier molecular flexibility index (Phi) is 4.70. The monoisotopic (exact) mass is 264 g/mol. The van der Waals surface area contributed by atoms with Crippen LogP contribution < -0.4 is 11.3 Å². The van der Waals surface area contributed by atoms with E-state index in [0.29, 0.717) is 24.5 Å². The standard InChI is InChI=1S/C13H20N4O2/c1-2-19-11-4-3-7-17(9-11)13(18)10-5-6-12(16-14)15-8-10/h5-6,8,11H,2-4,7,9,14H2,1H3,(H,15,16). The van der Waals surface area contributed by atoms with Gasteiger partial charge in [-0.15, -0.1) is 0 Å². The van der Waals surface area contributed by atoms with Crippen molar-refractivity contribution < 1.29 is 9.53 Å². The number of nitrogens with one attached hydrogen (secondary N) is 1. The van der Waals surface area contributed by atoms with Crippen molar-refractivity contribution >= 4 is 11.7 Å². The highest BCUT2D eigenvalue weighted by atomic mass is 16.5. The number of pyridine rings is 1. The van der Waals surface area contributed by atoms with E-state index in [-0.39, 0.29) is 12.0 Å². The smallest absolute Gasteiger partial charge is 0.255 e. The molecule has 2 rings (SSSR count). The van der Waals surface area contributed by atoms with Gasteiger partial charge in [-0.3, -0.25) is 4.79 Å². The highest BCUT2D eigenvalue weighted by molar-refractivity contribution is 5.94. The summed E-state index contributed by atoms with van der Waals surface area (Å²) in [5, 5.41) is 0. The van der Waals surface area contributed by atoms with Gasteiger partial charge >= 0.3 is 0 Å². The molecule has 1 aromatic rings. The maximum absolute atomic E-state index is 12.3. The van der Waals surface area contributed by atoms with Gasteiger partial charge in [-0.25, -0.2) is 10.8 Å². The highest BCUT2D eigenvalue weighted by Gasteiger charge is 2.24. The number of carbonyl (C=O) groups excluding carboxylic acids is 1. The number of likely N-dealkylation sites (tertiary alicyclic amines) is 1. The van der Waals surface area contributed by atoms with E-state index in [1.165, 1.54) is 0 Å². The first-order valence-corrected chi connectivity index (χ1v) is 6.58. The average Bonchev–Trinajstić information content (AvgIpc) is 2.47. The molecule has 1 aliphatic heterocycles. The molecule has 1 aromatic heterocycles. The third kappa shape index (κ3) is 3.42. The first-order chi connectivity index (χ1) is 9.24. The van der Waals surface area contributed by atoms with Crippen molar-refractivity contribution in [2.24, 2.45) is 5.84 Å². The minimum Gasteiger partial charge on any atom is -0.377 e. The van der Waals surface area contributed by atoms with Crippen molar-refractivity contribution in [3.05, 3.63) is 23.9 Å². The predicted molar refractivity (Wildman–Crippen MR) is 72.6 cm³/mol. The molecule has 6 nitrogen and oxygen atoms in total. The number of piperidine rings is 1. The van der Waals surface area contributed by atoms with Gasteiger partial charge in [-0.1, -0.05) is 0 Å². The van der Waals surface area contributed by atoms with Crippen LogP contribution in [0.3, 0.4) is 0 Å². The quantitative estimate of drug-likeness (QED) is 0.626. The minimum absolute atomic E-state index is 0.000439. The Morgan fingerprint density at radius 2 is 2.47 bits per heavy atom. The summed E-state index contributed by atoms with van der Waals surface area (Å²) in [6.07, 6.45) is 3.70. The van der Waals surface area contributed by atoms with E-state index in [1.807, 2.05) is 11.8 Å². The summed E-state index contributed by atoms with van der Waals surface area (Å²) in [5.41, 5.74) is 3.02. The molecule has 3 N–H and O–H groups in total. The van der Waals surface area contributed by atoms with Crippen molar-refractivity contribution in [1.82, 2.24) is 9.88 Å². The van der Waals surface area contributed by atoms with Gasteiger partial charge in [0, 0.05) is 25.9 Å². The lowest BCUT2D eigenvalue weighted by atomic mass is 10.1. The zero-order chi connectivity index (χ0) is 13.7. The van der Waals surface area contributed by atoms with E-state index < -0.39 is 0 Å². The molecule has 0 spiro atoms. The molecule has 1 aliphatic rings. The molecule has 1 atom stereocenters. The molecule has 0 aliphatic carbocycles. The Morgan fingerprint density at radius 3 is 3.11 bits per heavy atom. The van der Waals surface area contributed by atoms with Crippen LogP contribution in [-0.4, -0.2) is 41.6 Å². The van der Waals surface area contributed by atoms with Crippen molar-refractivity contribution in [3.8, 4) is 0 Å². The fourth-order valence-corrected chi connectivity index (χ4v) is 2.28. The molecule has 0 saturated carbocycles. The van der Waals surface area contributed by atoms with Crippen LogP contribution >= 0.6 is 0 Å². The van der Waals surface area contributed by atoms with Gasteiger partial charge in [-0.2, -0.15) is 0 Å². The number of nitrogen functional groups attached to an aromatic ring is 1. The molecule has 1 unspecified atom stereocenters. The molecule has 6 heteroatoms. The fourth-order valence-electron chi connectivity index (χ4n) is 2.28. The van der Waals surface area contributed by atoms with Crippen LogP contribution in [0.2, 0.25) is 0 Å². The highest BCUT2D eigenvalue weighted by Crippen LogP contribution is 2.16. The first-order valence-electron chi connectivity index (χ1n) is 6.58. The normalized spacial score (nSPS) is 19.3. The lowest BCUT2D eigenvalue weighted by Gasteiger charge is -2.32. The molecule has 1 fully saturated rings. The number of carbonyl (C=O) groups is 1. The molecular weight excluding hydrogens is 244 g/mol. The first kappa shape index (κ1) is 13.8. The van der Waals surface area contributed by atoms with Gasteiger partial charge in [0.15, 0.2) is 0 Å². The summed E-state index contributed by atoms with van der Waals surface area (Å²) >= 11 is 0. The van der Waals surface area contributed by atoms with E-state index >= 15 is 0 Å². The van der Waals surface area contributed by atoms with Gasteiger partial charge in [0.05, 0.1) is 11.7 Å². The van der Waals surface area contributed by atoms with E-state index in [4.69, 9.17) is 10.6 Å². The number of hydrogen-bond donors (Lipinski definition) is 2. The van der Waals surface area contributed by atoms with Crippen LogP contribution in [0.4, 0.5) is 5.82 Å². The van der Waals surface area contributed by atoms with Crippen LogP contribution in [0.25, 0.3) is 0 Å². The fraction of sp³-hybridized carbons (Fsp3) is 0.538. The number of hydrazine groups is 1. The molecule has 0 aromatic carbocycles. The number of aromatic nitrogens is 1. The molecule has 2 heterocycles. The number of nitrogens with two attached hydrogens (primary N) is 1. The van der Waals surface area contributed by atoms with E-state index in [0.717, 1.165) is 19.4 Å². The Bertz CT molecular complexity index is 419. The van der Waals surface area contributed by atoms with Crippen LogP contribution in [-0.2, 0) is 4.74 Å². The Balaban J connectivity index is 2.01. The number of anilines is 1. The van der Waals surface area contributed by atoms with Crippen molar-refractivity contribution in [2.45, 2.75) is 25.9 Å². The summed E-state index contributed by atoms with van der Waals surface area (Å²) < 4.78 is 5.60. The van der Waals surface area contributed by atoms with Crippen molar-refractivity contribution in [2.75, 3.05) is 25.1 Å².